The van der Waals surface area contributed by atoms with Gasteiger partial charge in [0.25, 0.3) is 5.91 Å². The zero-order valence-electron chi connectivity index (χ0n) is 17.3. The van der Waals surface area contributed by atoms with E-state index in [2.05, 4.69) is 0 Å². The second kappa shape index (κ2) is 8.46. The van der Waals surface area contributed by atoms with Crippen molar-refractivity contribution in [2.45, 2.75) is 39.5 Å². The lowest BCUT2D eigenvalue weighted by Crippen LogP contribution is -2.39. The summed E-state index contributed by atoms with van der Waals surface area (Å²) in [6.45, 7) is 5.09. The van der Waals surface area contributed by atoms with Crippen LogP contribution in [0.5, 0.6) is 0 Å². The Balaban J connectivity index is 2.13. The lowest BCUT2D eigenvalue weighted by Gasteiger charge is -2.23. The maximum absolute atomic E-state index is 13.8. The highest BCUT2D eigenvalue weighted by atomic mass is 35.5. The van der Waals surface area contributed by atoms with Gasteiger partial charge in [0.15, 0.2) is 6.04 Å². The maximum Gasteiger partial charge on any atom is 0.412 e. The van der Waals surface area contributed by atoms with Gasteiger partial charge in [-0.3, -0.25) is 4.79 Å². The van der Waals surface area contributed by atoms with Crippen LogP contribution in [0, 0.1) is 19.7 Å². The minimum Gasteiger partial charge on any atom is -0.478 e. The van der Waals surface area contributed by atoms with Crippen molar-refractivity contribution in [3.63, 3.8) is 0 Å². The summed E-state index contributed by atoms with van der Waals surface area (Å²) in [5.41, 5.74) is 0.753. The van der Waals surface area contributed by atoms with E-state index in [0.717, 1.165) is 12.1 Å². The molecule has 0 bridgehead atoms. The molecule has 0 radical (unpaired) electrons. The van der Waals surface area contributed by atoms with Crippen LogP contribution in [-0.4, -0.2) is 27.7 Å². The number of amides is 1. The third kappa shape index (κ3) is 4.29. The predicted molar refractivity (Wildman–Crippen MR) is 112 cm³/mol. The van der Waals surface area contributed by atoms with Crippen molar-refractivity contribution in [1.82, 2.24) is 9.88 Å². The number of carboxylic acids is 1. The lowest BCUT2D eigenvalue weighted by molar-refractivity contribution is -0.155. The van der Waals surface area contributed by atoms with E-state index in [0.29, 0.717) is 28.1 Å². The van der Waals surface area contributed by atoms with E-state index in [9.17, 15) is 32.3 Å². The molecule has 10 heteroatoms. The fraction of sp³-hybridized carbons (Fsp3) is 0.273. The Labute approximate surface area is 185 Å². The first-order valence-corrected chi connectivity index (χ1v) is 9.93. The summed E-state index contributed by atoms with van der Waals surface area (Å²) in [4.78, 5) is 24.5. The molecule has 0 saturated carbocycles. The van der Waals surface area contributed by atoms with E-state index < -0.39 is 35.5 Å². The summed E-state index contributed by atoms with van der Waals surface area (Å²) in [6, 6.07) is 2.95. The summed E-state index contributed by atoms with van der Waals surface area (Å²) < 4.78 is 56.5. The number of carbonyl (C=O) groups excluding carboxylic acids is 1. The van der Waals surface area contributed by atoms with Gasteiger partial charge in [-0.05, 0) is 67.8 Å². The van der Waals surface area contributed by atoms with Crippen molar-refractivity contribution in [2.75, 3.05) is 0 Å². The largest absolute Gasteiger partial charge is 0.478 e. The van der Waals surface area contributed by atoms with E-state index in [1.54, 1.807) is 19.9 Å². The predicted octanol–water partition coefficient (Wildman–Crippen LogP) is 5.80. The standard InChI is InChI=1S/C22H19ClF4N2O3/c1-4-29-17-5-10(2)15(21(31)32)9-16(17)11(3)18(29)20(30)28-19(22(25,26)27)12-6-13(23)8-14(24)7-12/h5-9,19H,4H2,1-3H3,(H,28,30)(H,31,32). The fourth-order valence-electron chi connectivity index (χ4n) is 3.81. The number of aromatic carboxylic acids is 1. The van der Waals surface area contributed by atoms with Crippen LogP contribution in [0.3, 0.4) is 0 Å². The molecule has 2 N–H and O–H groups in total. The van der Waals surface area contributed by atoms with Gasteiger partial charge in [-0.15, -0.1) is 0 Å². The summed E-state index contributed by atoms with van der Waals surface area (Å²) in [6.07, 6.45) is -4.92. The summed E-state index contributed by atoms with van der Waals surface area (Å²) in [7, 11) is 0. The molecular formula is C22H19ClF4N2O3. The quantitative estimate of drug-likeness (QED) is 0.463. The van der Waals surface area contributed by atoms with Crippen LogP contribution >= 0.6 is 11.6 Å². The van der Waals surface area contributed by atoms with E-state index in [-0.39, 0.29) is 22.8 Å². The molecule has 32 heavy (non-hydrogen) atoms. The molecule has 3 rings (SSSR count). The van der Waals surface area contributed by atoms with Gasteiger partial charge in [-0.25, -0.2) is 9.18 Å². The number of hydrogen-bond donors (Lipinski definition) is 2. The van der Waals surface area contributed by atoms with Crippen LogP contribution < -0.4 is 5.32 Å². The molecule has 0 saturated heterocycles. The number of alkyl halides is 3. The molecule has 5 nitrogen and oxygen atoms in total. The summed E-state index contributed by atoms with van der Waals surface area (Å²) in [5.74, 6) is -3.15. The van der Waals surface area contributed by atoms with Crippen LogP contribution in [0.2, 0.25) is 5.02 Å². The highest BCUT2D eigenvalue weighted by molar-refractivity contribution is 6.30. The van der Waals surface area contributed by atoms with Crippen LogP contribution in [0.4, 0.5) is 17.6 Å². The SMILES string of the molecule is CCn1c(C(=O)NC(c2cc(F)cc(Cl)c2)C(F)(F)F)c(C)c2cc(C(=O)O)c(C)cc21. The van der Waals surface area contributed by atoms with E-state index in [1.165, 1.54) is 17.6 Å². The van der Waals surface area contributed by atoms with Crippen molar-refractivity contribution in [2.24, 2.45) is 0 Å². The molecule has 0 aliphatic heterocycles. The van der Waals surface area contributed by atoms with Gasteiger partial charge < -0.3 is 15.0 Å². The normalized spacial score (nSPS) is 12.8. The number of aromatic nitrogens is 1. The number of nitrogens with zero attached hydrogens (tertiary/aromatic N) is 1. The number of carbonyl (C=O) groups is 2. The number of benzene rings is 2. The van der Waals surface area contributed by atoms with Crippen LogP contribution in [0.15, 0.2) is 30.3 Å². The molecular weight excluding hydrogens is 452 g/mol. The van der Waals surface area contributed by atoms with Crippen molar-refractivity contribution < 1.29 is 32.3 Å². The molecule has 1 atom stereocenters. The molecule has 0 spiro atoms. The van der Waals surface area contributed by atoms with Crippen LogP contribution in [-0.2, 0) is 6.54 Å². The number of fused-ring (bicyclic) bond motifs is 1. The van der Waals surface area contributed by atoms with Gasteiger partial charge in [0.2, 0.25) is 0 Å². The van der Waals surface area contributed by atoms with E-state index >= 15 is 0 Å². The lowest BCUT2D eigenvalue weighted by atomic mass is 10.0. The number of halogens is 5. The van der Waals surface area contributed by atoms with Crippen molar-refractivity contribution in [1.29, 1.82) is 0 Å². The number of aryl methyl sites for hydroxylation is 3. The summed E-state index contributed by atoms with van der Waals surface area (Å²) in [5, 5.41) is 11.5. The highest BCUT2D eigenvalue weighted by Crippen LogP contribution is 2.35. The first kappa shape index (κ1) is 23.6. The highest BCUT2D eigenvalue weighted by Gasteiger charge is 2.43. The van der Waals surface area contributed by atoms with Gasteiger partial charge in [0, 0.05) is 22.5 Å². The first-order chi connectivity index (χ1) is 14.8. The smallest absolute Gasteiger partial charge is 0.412 e. The monoisotopic (exact) mass is 470 g/mol. The number of rotatable bonds is 5. The minimum atomic E-state index is -4.92. The van der Waals surface area contributed by atoms with E-state index in [4.69, 9.17) is 11.6 Å². The Morgan fingerprint density at radius 3 is 2.34 bits per heavy atom. The van der Waals surface area contributed by atoms with Gasteiger partial charge in [-0.2, -0.15) is 13.2 Å². The molecule has 3 aromatic rings. The molecule has 0 aliphatic carbocycles. The molecule has 1 aromatic heterocycles. The molecule has 1 heterocycles. The van der Waals surface area contributed by atoms with Gasteiger partial charge in [-0.1, -0.05) is 11.6 Å². The maximum atomic E-state index is 13.8. The van der Waals surface area contributed by atoms with Gasteiger partial charge in [0.05, 0.1) is 5.56 Å². The Morgan fingerprint density at radius 1 is 1.16 bits per heavy atom. The van der Waals surface area contributed by atoms with Crippen LogP contribution in [0.25, 0.3) is 10.9 Å². The Kier molecular flexibility index (Phi) is 6.24. The number of carboxylic acid groups (broad SMARTS) is 1. The third-order valence-electron chi connectivity index (χ3n) is 5.25. The zero-order chi connectivity index (χ0) is 24.0. The van der Waals surface area contributed by atoms with Crippen molar-refractivity contribution in [3.8, 4) is 0 Å². The van der Waals surface area contributed by atoms with Gasteiger partial charge >= 0.3 is 12.1 Å². The molecule has 0 aliphatic rings. The van der Waals surface area contributed by atoms with Crippen LogP contribution in [0.1, 0.15) is 50.5 Å². The topological polar surface area (TPSA) is 71.3 Å². The van der Waals surface area contributed by atoms with Gasteiger partial charge in [0.1, 0.15) is 11.5 Å². The molecule has 2 aromatic carbocycles. The molecule has 170 valence electrons. The first-order valence-electron chi connectivity index (χ1n) is 9.55. The average Bonchev–Trinajstić information content (AvgIpc) is 2.94. The van der Waals surface area contributed by atoms with Crippen molar-refractivity contribution in [3.05, 3.63) is 69.1 Å². The second-order valence-electron chi connectivity index (χ2n) is 7.36. The second-order valence-corrected chi connectivity index (χ2v) is 7.79. The Hall–Kier alpha value is -3.07. The molecule has 1 unspecified atom stereocenters. The molecule has 0 fully saturated rings. The fourth-order valence-corrected chi connectivity index (χ4v) is 4.04. The van der Waals surface area contributed by atoms with Crippen molar-refractivity contribution >= 4 is 34.4 Å². The average molecular weight is 471 g/mol. The Bertz CT molecular complexity index is 1210. The number of hydrogen-bond acceptors (Lipinski definition) is 2. The minimum absolute atomic E-state index is 0.0309. The number of nitrogens with one attached hydrogen (secondary N) is 1. The Morgan fingerprint density at radius 2 is 1.81 bits per heavy atom. The third-order valence-corrected chi connectivity index (χ3v) is 5.46. The summed E-state index contributed by atoms with van der Waals surface area (Å²) >= 11 is 5.71. The zero-order valence-corrected chi connectivity index (χ0v) is 18.0. The van der Waals surface area contributed by atoms with E-state index in [1.807, 2.05) is 5.32 Å². The molecule has 1 amide bonds.